The van der Waals surface area contributed by atoms with Crippen molar-refractivity contribution < 1.29 is 9.47 Å². The summed E-state index contributed by atoms with van der Waals surface area (Å²) < 4.78 is 12.7. The minimum atomic E-state index is 0.0270. The van der Waals surface area contributed by atoms with E-state index in [1.165, 1.54) is 5.56 Å². The second-order valence-corrected chi connectivity index (χ2v) is 7.93. The Morgan fingerprint density at radius 3 is 2.50 bits per heavy atom. The highest BCUT2D eigenvalue weighted by atomic mass is 32.2. The number of rotatable bonds is 6. The molecule has 0 saturated heterocycles. The van der Waals surface area contributed by atoms with Gasteiger partial charge in [-0.25, -0.2) is 0 Å². The quantitative estimate of drug-likeness (QED) is 0.611. The van der Waals surface area contributed by atoms with Crippen molar-refractivity contribution >= 4 is 23.5 Å². The normalized spacial score (nSPS) is 15.2. The van der Waals surface area contributed by atoms with Gasteiger partial charge in [0.2, 0.25) is 0 Å². The van der Waals surface area contributed by atoms with Crippen molar-refractivity contribution in [1.82, 2.24) is 9.19 Å². The molecule has 28 heavy (non-hydrogen) atoms. The molecule has 0 amide bonds. The van der Waals surface area contributed by atoms with Crippen molar-refractivity contribution in [2.24, 2.45) is 0 Å². The van der Waals surface area contributed by atoms with Gasteiger partial charge in [-0.05, 0) is 35.7 Å². The fraction of sp³-hybridized carbons (Fsp3) is 0.286. The van der Waals surface area contributed by atoms with Crippen molar-refractivity contribution in [2.75, 3.05) is 24.9 Å². The number of aromatic nitrogens is 2. The summed E-state index contributed by atoms with van der Waals surface area (Å²) in [4.78, 5) is 0. The highest BCUT2D eigenvalue weighted by molar-refractivity contribution is 7.98. The van der Waals surface area contributed by atoms with Gasteiger partial charge in [0, 0.05) is 35.3 Å². The zero-order valence-electron chi connectivity index (χ0n) is 16.4. The molecule has 2 aromatic carbocycles. The Kier molecular flexibility index (Phi) is 5.09. The standard InChI is InChI=1S/C21H24N4O2S/c1-13(2)14-5-7-15(8-6-14)22-21-23-20-12-18(24-25(20)28-21)17-10-9-16(26-3)11-19(17)27-4/h5-13,21-23H,1-4H3/t21-/m0/s1. The third-order valence-corrected chi connectivity index (χ3v) is 5.65. The summed E-state index contributed by atoms with van der Waals surface area (Å²) in [6, 6.07) is 16.3. The largest absolute Gasteiger partial charge is 0.497 e. The monoisotopic (exact) mass is 396 g/mol. The molecule has 1 aliphatic heterocycles. The minimum Gasteiger partial charge on any atom is -0.497 e. The van der Waals surface area contributed by atoms with Crippen molar-refractivity contribution in [3.8, 4) is 22.8 Å². The maximum Gasteiger partial charge on any atom is 0.168 e. The molecule has 0 spiro atoms. The predicted molar refractivity (Wildman–Crippen MR) is 115 cm³/mol. The van der Waals surface area contributed by atoms with E-state index in [1.807, 2.05) is 28.4 Å². The first-order valence-electron chi connectivity index (χ1n) is 9.20. The van der Waals surface area contributed by atoms with Crippen LogP contribution in [0.5, 0.6) is 11.5 Å². The lowest BCUT2D eigenvalue weighted by Gasteiger charge is -2.14. The lowest BCUT2D eigenvalue weighted by molar-refractivity contribution is 0.395. The zero-order valence-corrected chi connectivity index (χ0v) is 17.2. The van der Waals surface area contributed by atoms with Crippen LogP contribution in [0.15, 0.2) is 48.5 Å². The molecule has 3 aromatic rings. The molecule has 0 bridgehead atoms. The minimum absolute atomic E-state index is 0.0270. The first kappa shape index (κ1) is 18.6. The molecule has 146 valence electrons. The van der Waals surface area contributed by atoms with Gasteiger partial charge in [0.05, 0.1) is 19.9 Å². The molecule has 0 unspecified atom stereocenters. The van der Waals surface area contributed by atoms with Crippen molar-refractivity contribution in [3.05, 3.63) is 54.1 Å². The maximum absolute atomic E-state index is 5.50. The SMILES string of the molecule is COc1ccc(-c2cc3n(n2)S[C@@H](Nc2ccc(C(C)C)cc2)N3)c(OC)c1. The number of nitrogens with one attached hydrogen (secondary N) is 2. The molecule has 2 heterocycles. The highest BCUT2D eigenvalue weighted by Crippen LogP contribution is 2.38. The smallest absolute Gasteiger partial charge is 0.168 e. The van der Waals surface area contributed by atoms with Gasteiger partial charge in [-0.15, -0.1) is 0 Å². The van der Waals surface area contributed by atoms with Crippen molar-refractivity contribution in [2.45, 2.75) is 25.3 Å². The zero-order chi connectivity index (χ0) is 19.7. The average molecular weight is 397 g/mol. The molecule has 7 heteroatoms. The van der Waals surface area contributed by atoms with E-state index in [1.54, 1.807) is 26.2 Å². The molecular formula is C21H24N4O2S. The Labute approximate surface area is 169 Å². The van der Waals surface area contributed by atoms with Gasteiger partial charge in [-0.2, -0.15) is 9.19 Å². The lowest BCUT2D eigenvalue weighted by atomic mass is 10.0. The Bertz CT molecular complexity index is 946. The summed E-state index contributed by atoms with van der Waals surface area (Å²) in [7, 11) is 3.29. The van der Waals surface area contributed by atoms with Gasteiger partial charge in [0.15, 0.2) is 5.50 Å². The van der Waals surface area contributed by atoms with E-state index < -0.39 is 0 Å². The van der Waals surface area contributed by atoms with Crippen LogP contribution in [0.2, 0.25) is 0 Å². The van der Waals surface area contributed by atoms with Crippen LogP contribution in [0.1, 0.15) is 25.3 Å². The van der Waals surface area contributed by atoms with Crippen molar-refractivity contribution in [3.63, 3.8) is 0 Å². The van der Waals surface area contributed by atoms with Crippen LogP contribution < -0.4 is 20.1 Å². The van der Waals surface area contributed by atoms with Crippen LogP contribution in [0.4, 0.5) is 11.5 Å². The van der Waals surface area contributed by atoms with Crippen LogP contribution in [0.25, 0.3) is 11.3 Å². The molecule has 1 aliphatic rings. The van der Waals surface area contributed by atoms with Crippen LogP contribution >= 0.6 is 11.9 Å². The number of fused-ring (bicyclic) bond motifs is 1. The number of nitrogens with zero attached hydrogens (tertiary/aromatic N) is 2. The Morgan fingerprint density at radius 2 is 1.86 bits per heavy atom. The summed E-state index contributed by atoms with van der Waals surface area (Å²) in [5, 5.41) is 11.7. The second-order valence-electron chi connectivity index (χ2n) is 6.90. The topological polar surface area (TPSA) is 60.3 Å². The fourth-order valence-corrected chi connectivity index (χ4v) is 4.04. The van der Waals surface area contributed by atoms with Gasteiger partial charge in [0.1, 0.15) is 17.3 Å². The number of anilines is 2. The van der Waals surface area contributed by atoms with Gasteiger partial charge in [-0.3, -0.25) is 0 Å². The molecule has 1 atom stereocenters. The van der Waals surface area contributed by atoms with Crippen LogP contribution in [0, 0.1) is 0 Å². The Morgan fingerprint density at radius 1 is 1.07 bits per heavy atom. The highest BCUT2D eigenvalue weighted by Gasteiger charge is 2.25. The summed E-state index contributed by atoms with van der Waals surface area (Å²) in [5.41, 5.74) is 4.23. The number of benzene rings is 2. The molecular weight excluding hydrogens is 372 g/mol. The molecule has 4 rings (SSSR count). The summed E-state index contributed by atoms with van der Waals surface area (Å²) in [6.07, 6.45) is 0. The fourth-order valence-electron chi connectivity index (χ4n) is 3.12. The maximum atomic E-state index is 5.50. The average Bonchev–Trinajstić information content (AvgIpc) is 3.26. The lowest BCUT2D eigenvalue weighted by Crippen LogP contribution is -2.21. The van der Waals surface area contributed by atoms with Crippen LogP contribution in [-0.4, -0.2) is 28.9 Å². The van der Waals surface area contributed by atoms with E-state index in [9.17, 15) is 0 Å². The van der Waals surface area contributed by atoms with Gasteiger partial charge >= 0.3 is 0 Å². The molecule has 0 radical (unpaired) electrons. The molecule has 2 N–H and O–H groups in total. The third-order valence-electron chi connectivity index (χ3n) is 4.72. The molecule has 6 nitrogen and oxygen atoms in total. The van der Waals surface area contributed by atoms with Gasteiger partial charge in [0.25, 0.3) is 0 Å². The molecule has 1 aromatic heterocycles. The van der Waals surface area contributed by atoms with Gasteiger partial charge < -0.3 is 20.1 Å². The summed E-state index contributed by atoms with van der Waals surface area (Å²) in [6.45, 7) is 4.40. The molecule has 0 aliphatic carbocycles. The molecule has 0 fully saturated rings. The van der Waals surface area contributed by atoms with Gasteiger partial charge in [-0.1, -0.05) is 26.0 Å². The van der Waals surface area contributed by atoms with E-state index in [0.29, 0.717) is 5.92 Å². The van der Waals surface area contributed by atoms with E-state index in [2.05, 4.69) is 48.7 Å². The second kappa shape index (κ2) is 7.67. The van der Waals surface area contributed by atoms with E-state index in [0.717, 1.165) is 34.3 Å². The first-order valence-corrected chi connectivity index (χ1v) is 10.0. The number of ether oxygens (including phenoxy) is 2. The van der Waals surface area contributed by atoms with E-state index in [4.69, 9.17) is 14.6 Å². The van der Waals surface area contributed by atoms with Crippen LogP contribution in [0.3, 0.4) is 0 Å². The third kappa shape index (κ3) is 3.62. The van der Waals surface area contributed by atoms with E-state index >= 15 is 0 Å². The Balaban J connectivity index is 1.47. The number of hydrogen-bond acceptors (Lipinski definition) is 6. The predicted octanol–water partition coefficient (Wildman–Crippen LogP) is 5.01. The Hall–Kier alpha value is -2.80. The number of hydrogen-bond donors (Lipinski definition) is 2. The number of methoxy groups -OCH3 is 2. The first-order chi connectivity index (χ1) is 13.6. The summed E-state index contributed by atoms with van der Waals surface area (Å²) in [5.74, 6) is 2.98. The van der Waals surface area contributed by atoms with Crippen LogP contribution in [-0.2, 0) is 0 Å². The van der Waals surface area contributed by atoms with Crippen molar-refractivity contribution in [1.29, 1.82) is 0 Å². The molecule has 0 saturated carbocycles. The van der Waals surface area contributed by atoms with E-state index in [-0.39, 0.29) is 5.50 Å². The summed E-state index contributed by atoms with van der Waals surface area (Å²) >= 11 is 1.60.